The van der Waals surface area contributed by atoms with Gasteiger partial charge in [0.2, 0.25) is 12.3 Å². The summed E-state index contributed by atoms with van der Waals surface area (Å²) in [5.74, 6) is -0.525. The predicted molar refractivity (Wildman–Crippen MR) is 87.2 cm³/mol. The number of pyridine rings is 1. The van der Waals surface area contributed by atoms with Crippen LogP contribution in [0.25, 0.3) is 10.9 Å². The van der Waals surface area contributed by atoms with Crippen LogP contribution in [0.15, 0.2) is 48.9 Å². The van der Waals surface area contributed by atoms with E-state index >= 15 is 0 Å². The molecule has 2 heterocycles. The summed E-state index contributed by atoms with van der Waals surface area (Å²) in [7, 11) is 0. The van der Waals surface area contributed by atoms with Crippen molar-refractivity contribution in [2.24, 2.45) is 5.73 Å². The molecule has 1 amide bonds. The molecule has 0 atom stereocenters. The van der Waals surface area contributed by atoms with Gasteiger partial charge in [-0.05, 0) is 18.1 Å². The number of carbonyl (C=O) groups excluding carboxylic acids is 2. The van der Waals surface area contributed by atoms with Crippen LogP contribution in [0.1, 0.15) is 33.2 Å². The molecule has 124 valence electrons. The Morgan fingerprint density at radius 3 is 2.71 bits per heavy atom. The van der Waals surface area contributed by atoms with Gasteiger partial charge in [0.05, 0.1) is 0 Å². The second-order valence-corrected chi connectivity index (χ2v) is 5.45. The van der Waals surface area contributed by atoms with E-state index in [-0.39, 0.29) is 24.7 Å². The number of nitrogens with two attached hydrogens (primary N) is 1. The molecule has 3 rings (SSSR count). The van der Waals surface area contributed by atoms with Crippen LogP contribution < -0.4 is 22.7 Å². The van der Waals surface area contributed by atoms with Crippen molar-refractivity contribution in [3.8, 4) is 0 Å². The Hall–Kier alpha value is -2.66. The van der Waals surface area contributed by atoms with Crippen LogP contribution in [-0.4, -0.2) is 16.7 Å². The van der Waals surface area contributed by atoms with Crippen LogP contribution in [0.3, 0.4) is 0 Å². The number of fused-ring (bicyclic) bond motifs is 1. The first-order chi connectivity index (χ1) is 11.1. The molecule has 0 aliphatic heterocycles. The van der Waals surface area contributed by atoms with Crippen molar-refractivity contribution in [3.05, 3.63) is 65.6 Å². The number of H-pyrrole nitrogens is 1. The lowest BCUT2D eigenvalue weighted by Crippen LogP contribution is -3.00. The third kappa shape index (κ3) is 3.31. The van der Waals surface area contributed by atoms with Gasteiger partial charge in [0.15, 0.2) is 12.4 Å². The SMILES string of the molecule is CCc1cccc2c(C(=O)C[n+]3cccc(C(N)=O)c3)c[nH]c12.[Cl-]. The first-order valence-electron chi connectivity index (χ1n) is 7.51. The molecule has 1 aromatic carbocycles. The number of Topliss-reactive ketones (excluding diaryl/α,β-unsaturated/α-hetero) is 1. The van der Waals surface area contributed by atoms with E-state index in [1.54, 1.807) is 35.3 Å². The number of carbonyl (C=O) groups is 2. The number of hydrogen-bond acceptors (Lipinski definition) is 2. The van der Waals surface area contributed by atoms with E-state index in [2.05, 4.69) is 18.0 Å². The van der Waals surface area contributed by atoms with Gasteiger partial charge in [-0.2, -0.15) is 4.57 Å². The Balaban J connectivity index is 0.00000208. The quantitative estimate of drug-likeness (QED) is 0.460. The van der Waals surface area contributed by atoms with Crippen molar-refractivity contribution >= 4 is 22.6 Å². The van der Waals surface area contributed by atoms with Crippen LogP contribution in [0.2, 0.25) is 0 Å². The number of primary amides is 1. The number of amides is 1. The fourth-order valence-electron chi connectivity index (χ4n) is 2.76. The van der Waals surface area contributed by atoms with E-state index in [0.717, 1.165) is 17.3 Å². The summed E-state index contributed by atoms with van der Waals surface area (Å²) in [5, 5.41) is 0.931. The molecule has 0 fully saturated rings. The maximum atomic E-state index is 12.6. The minimum atomic E-state index is -0.508. The van der Waals surface area contributed by atoms with Gasteiger partial charge >= 0.3 is 0 Å². The van der Waals surface area contributed by atoms with E-state index in [1.165, 1.54) is 5.56 Å². The highest BCUT2D eigenvalue weighted by molar-refractivity contribution is 6.07. The minimum absolute atomic E-state index is 0. The topological polar surface area (TPSA) is 79.8 Å². The van der Waals surface area contributed by atoms with E-state index in [9.17, 15) is 9.59 Å². The Morgan fingerprint density at radius 2 is 2.00 bits per heavy atom. The number of nitrogens with zero attached hydrogens (tertiary/aromatic N) is 1. The summed E-state index contributed by atoms with van der Waals surface area (Å²) in [6.07, 6.45) is 5.99. The van der Waals surface area contributed by atoms with E-state index in [1.807, 2.05) is 12.1 Å². The predicted octanol–water partition coefficient (Wildman–Crippen LogP) is -0.996. The summed E-state index contributed by atoms with van der Waals surface area (Å²) in [6.45, 7) is 2.24. The summed E-state index contributed by atoms with van der Waals surface area (Å²) in [6, 6.07) is 9.30. The molecule has 0 aliphatic carbocycles. The average molecular weight is 344 g/mol. The number of hydrogen-bond donors (Lipinski definition) is 2. The Kier molecular flexibility index (Phi) is 5.36. The number of rotatable bonds is 5. The van der Waals surface area contributed by atoms with Gasteiger partial charge < -0.3 is 23.1 Å². The summed E-state index contributed by atoms with van der Waals surface area (Å²) < 4.78 is 1.67. The van der Waals surface area contributed by atoms with Gasteiger partial charge in [0.1, 0.15) is 5.56 Å². The number of ketones is 1. The van der Waals surface area contributed by atoms with E-state index in [4.69, 9.17) is 5.73 Å². The summed E-state index contributed by atoms with van der Waals surface area (Å²) >= 11 is 0. The zero-order valence-electron chi connectivity index (χ0n) is 13.3. The zero-order chi connectivity index (χ0) is 16.4. The van der Waals surface area contributed by atoms with Crippen molar-refractivity contribution in [2.45, 2.75) is 19.9 Å². The summed E-state index contributed by atoms with van der Waals surface area (Å²) in [4.78, 5) is 27.0. The lowest BCUT2D eigenvalue weighted by molar-refractivity contribution is -0.683. The van der Waals surface area contributed by atoms with Crippen molar-refractivity contribution in [1.82, 2.24) is 4.98 Å². The molecule has 24 heavy (non-hydrogen) atoms. The molecular weight excluding hydrogens is 326 g/mol. The maximum Gasteiger partial charge on any atom is 0.254 e. The second kappa shape index (κ2) is 7.27. The molecule has 0 spiro atoms. The fraction of sp³-hybridized carbons (Fsp3) is 0.167. The minimum Gasteiger partial charge on any atom is -1.00 e. The van der Waals surface area contributed by atoms with Crippen molar-refractivity contribution in [1.29, 1.82) is 0 Å². The van der Waals surface area contributed by atoms with Gasteiger partial charge in [-0.25, -0.2) is 0 Å². The molecular formula is C18H18ClN3O2. The molecule has 0 unspecified atom stereocenters. The highest BCUT2D eigenvalue weighted by Gasteiger charge is 2.18. The number of aryl methyl sites for hydroxylation is 1. The van der Waals surface area contributed by atoms with Gasteiger partial charge in [-0.15, -0.1) is 0 Å². The molecule has 0 radical (unpaired) electrons. The molecule has 0 saturated carbocycles. The molecule has 3 N–H and O–H groups in total. The molecule has 5 nitrogen and oxygen atoms in total. The van der Waals surface area contributed by atoms with Gasteiger partial charge in [-0.1, -0.05) is 25.1 Å². The maximum absolute atomic E-state index is 12.6. The first-order valence-corrected chi connectivity index (χ1v) is 7.51. The monoisotopic (exact) mass is 343 g/mol. The lowest BCUT2D eigenvalue weighted by atomic mass is 10.0. The van der Waals surface area contributed by atoms with Gasteiger partial charge in [0.25, 0.3) is 5.91 Å². The average Bonchev–Trinajstić information content (AvgIpc) is 2.99. The van der Waals surface area contributed by atoms with Crippen LogP contribution >= 0.6 is 0 Å². The molecule has 0 bridgehead atoms. The Labute approximate surface area is 145 Å². The van der Waals surface area contributed by atoms with E-state index < -0.39 is 5.91 Å². The van der Waals surface area contributed by atoms with E-state index in [0.29, 0.717) is 11.1 Å². The largest absolute Gasteiger partial charge is 1.00 e. The smallest absolute Gasteiger partial charge is 0.254 e. The van der Waals surface area contributed by atoms with Crippen molar-refractivity contribution in [2.75, 3.05) is 0 Å². The standard InChI is InChI=1S/C18H17N3O2.ClH/c1-2-12-5-3-7-14-15(9-20-17(12)14)16(22)11-21-8-4-6-13(10-21)18(19)23;/h3-10H,2,11H2,1H3,(H2-,19,20,22,23);1H. The number of aromatic nitrogens is 2. The van der Waals surface area contributed by atoms with Crippen LogP contribution in [0.5, 0.6) is 0 Å². The number of nitrogens with one attached hydrogen (secondary N) is 1. The number of para-hydroxylation sites is 1. The fourth-order valence-corrected chi connectivity index (χ4v) is 2.76. The third-order valence-electron chi connectivity index (χ3n) is 3.95. The summed E-state index contributed by atoms with van der Waals surface area (Å²) in [5.41, 5.74) is 8.51. The molecule has 2 aromatic heterocycles. The second-order valence-electron chi connectivity index (χ2n) is 5.45. The van der Waals surface area contributed by atoms with Crippen molar-refractivity contribution in [3.63, 3.8) is 0 Å². The van der Waals surface area contributed by atoms with Gasteiger partial charge in [-0.3, -0.25) is 9.59 Å². The Bertz CT molecular complexity index is 902. The van der Waals surface area contributed by atoms with Crippen LogP contribution in [0, 0.1) is 0 Å². The van der Waals surface area contributed by atoms with Gasteiger partial charge in [0, 0.05) is 28.7 Å². The molecule has 3 aromatic rings. The number of halogens is 1. The number of aromatic amines is 1. The lowest BCUT2D eigenvalue weighted by Gasteiger charge is -2.01. The van der Waals surface area contributed by atoms with Crippen LogP contribution in [-0.2, 0) is 13.0 Å². The first kappa shape index (κ1) is 17.7. The highest BCUT2D eigenvalue weighted by atomic mass is 35.5. The zero-order valence-corrected chi connectivity index (χ0v) is 14.0. The molecule has 0 saturated heterocycles. The van der Waals surface area contributed by atoms with Crippen molar-refractivity contribution < 1.29 is 26.6 Å². The molecule has 0 aliphatic rings. The van der Waals surface area contributed by atoms with Crippen LogP contribution in [0.4, 0.5) is 0 Å². The highest BCUT2D eigenvalue weighted by Crippen LogP contribution is 2.22. The molecule has 6 heteroatoms. The Morgan fingerprint density at radius 1 is 1.21 bits per heavy atom. The normalized spacial score (nSPS) is 10.4. The third-order valence-corrected chi connectivity index (χ3v) is 3.95. The number of benzene rings is 1.